The maximum absolute atomic E-state index is 14.0. The van der Waals surface area contributed by atoms with Crippen molar-refractivity contribution in [3.05, 3.63) is 259 Å². The van der Waals surface area contributed by atoms with Crippen LogP contribution in [0.1, 0.15) is 34.7 Å². The van der Waals surface area contributed by atoms with Gasteiger partial charge in [0.1, 0.15) is 72.4 Å². The van der Waals surface area contributed by atoms with E-state index in [0.717, 1.165) is 124 Å². The Morgan fingerprint density at radius 1 is 0.505 bits per heavy atom. The van der Waals surface area contributed by atoms with Crippen molar-refractivity contribution in [1.29, 1.82) is 5.26 Å². The fourth-order valence-electron chi connectivity index (χ4n) is 12.2. The van der Waals surface area contributed by atoms with Crippen LogP contribution in [0.5, 0.6) is 0 Å². The van der Waals surface area contributed by atoms with Gasteiger partial charge in [0.15, 0.2) is 5.82 Å². The fraction of sp³-hybridized carbons (Fsp3) is 0.0800. The summed E-state index contributed by atoms with van der Waals surface area (Å²) in [7, 11) is 0. The minimum Gasteiger partial charge on any atom is -0.444 e. The molecule has 1 aliphatic heterocycles. The van der Waals surface area contributed by atoms with Gasteiger partial charge in [-0.25, -0.2) is 19.8 Å². The molecule has 0 aliphatic carbocycles. The largest absolute Gasteiger partial charge is 0.444 e. The molecule has 0 spiro atoms. The normalized spacial score (nSPS) is 13.3. The summed E-state index contributed by atoms with van der Waals surface area (Å²) in [5, 5.41) is 14.5. The molecule has 19 nitrogen and oxygen atoms in total. The molecule has 0 saturated carbocycles. The molecule has 15 aromatic rings. The van der Waals surface area contributed by atoms with Gasteiger partial charge in [0.25, 0.3) is 17.2 Å². The van der Waals surface area contributed by atoms with E-state index >= 15 is 0 Å². The summed E-state index contributed by atoms with van der Waals surface area (Å²) in [6, 6.07) is 64.1. The molecule has 0 fully saturated rings. The second kappa shape index (κ2) is 25.6. The third-order valence-corrected chi connectivity index (χ3v) is 21.1. The van der Waals surface area contributed by atoms with Gasteiger partial charge in [-0.1, -0.05) is 114 Å². The summed E-state index contributed by atoms with van der Waals surface area (Å²) in [5.41, 5.74) is 12.5. The highest BCUT2D eigenvalue weighted by Gasteiger charge is 2.42. The maximum atomic E-state index is 14.0. The van der Waals surface area contributed by atoms with E-state index in [1.807, 2.05) is 18.2 Å². The van der Waals surface area contributed by atoms with Crippen molar-refractivity contribution in [1.82, 2.24) is 36.1 Å². The SMILES string of the molecule is CC1=C(C#N)C(=O)N(C(=O)OCc2ccccc2)C(=O)/C1=N\c1ncc(-c2ccc(N(c3ccc(C)cc3)c3ccc(CCc4ccc(N(c5ccc(C)cc5)c5ccc(-c6cc7c(cc(/N=c8\c(=O)c(=O)c9ccccc89)c8nsnc87)c7nsnc67)s5)cc4)cc3)s2)c2nsnc12. The van der Waals surface area contributed by atoms with Crippen molar-refractivity contribution in [2.75, 3.05) is 9.80 Å². The van der Waals surface area contributed by atoms with E-state index in [-0.39, 0.29) is 29.1 Å². The number of aromatic nitrogens is 7. The average Bonchev–Trinajstić information content (AvgIpc) is 1.66. The van der Waals surface area contributed by atoms with Gasteiger partial charge in [-0.3, -0.25) is 19.2 Å². The molecule has 16 rings (SSSR count). The second-order valence-corrected chi connectivity index (χ2v) is 27.2. The van der Waals surface area contributed by atoms with Gasteiger partial charge in [-0.15, -0.1) is 22.7 Å². The molecule has 0 unspecified atom stereocenters. The van der Waals surface area contributed by atoms with E-state index in [1.54, 1.807) is 83.5 Å². The number of ether oxygens (including phenoxy) is 1. The number of fused-ring (bicyclic) bond motifs is 7. The number of anilines is 6. The predicted octanol–water partition coefficient (Wildman–Crippen LogP) is 16.6. The third-order valence-electron chi connectivity index (χ3n) is 17.3. The summed E-state index contributed by atoms with van der Waals surface area (Å²) in [4.78, 5) is 87.5. The zero-order valence-electron chi connectivity index (χ0n) is 52.4. The monoisotopic (exact) mass is 1390 g/mol. The van der Waals surface area contributed by atoms with Crippen LogP contribution < -0.4 is 26.0 Å². The van der Waals surface area contributed by atoms with Crippen LogP contribution in [0.4, 0.5) is 49.1 Å². The van der Waals surface area contributed by atoms with Crippen molar-refractivity contribution < 1.29 is 19.1 Å². The number of aryl methyl sites for hydroxylation is 4. The van der Waals surface area contributed by atoms with Crippen LogP contribution in [-0.4, -0.2) is 59.7 Å². The Labute approximate surface area is 582 Å². The van der Waals surface area contributed by atoms with Crippen LogP contribution in [0, 0.1) is 25.2 Å². The summed E-state index contributed by atoms with van der Waals surface area (Å²) in [6.07, 6.45) is 1.98. The molecule has 0 atom stereocenters. The van der Waals surface area contributed by atoms with Crippen LogP contribution in [0.15, 0.2) is 225 Å². The number of carbonyl (C=O) groups excluding carboxylic acids is 3. The summed E-state index contributed by atoms with van der Waals surface area (Å²) >= 11 is 6.32. The molecular weight excluding hydrogens is 1340 g/mol. The van der Waals surface area contributed by atoms with Gasteiger partial charge in [-0.05, 0) is 135 Å². The van der Waals surface area contributed by atoms with E-state index in [2.05, 4.69) is 168 Å². The first kappa shape index (κ1) is 62.0. The van der Waals surface area contributed by atoms with Gasteiger partial charge >= 0.3 is 6.09 Å². The van der Waals surface area contributed by atoms with Crippen LogP contribution in [0.25, 0.3) is 75.5 Å². The number of nitrogens with zero attached hydrogens (tertiary/aromatic N) is 13. The molecule has 478 valence electrons. The van der Waals surface area contributed by atoms with E-state index in [9.17, 15) is 29.2 Å². The number of thiophene rings is 2. The van der Waals surface area contributed by atoms with Gasteiger partial charge in [0, 0.05) is 76.9 Å². The number of hydrogen-bond donors (Lipinski definition) is 0. The van der Waals surface area contributed by atoms with E-state index in [0.29, 0.717) is 60.1 Å². The minimum absolute atomic E-state index is 0.0128. The summed E-state index contributed by atoms with van der Waals surface area (Å²) in [5.74, 6) is -2.14. The van der Waals surface area contributed by atoms with Gasteiger partial charge in [0.2, 0.25) is 5.43 Å². The number of carbonyl (C=O) groups is 3. The van der Waals surface area contributed by atoms with Crippen LogP contribution in [0.2, 0.25) is 0 Å². The zero-order valence-corrected chi connectivity index (χ0v) is 56.5. The van der Waals surface area contributed by atoms with Crippen molar-refractivity contribution in [2.24, 2.45) is 9.98 Å². The zero-order chi connectivity index (χ0) is 67.6. The quantitative estimate of drug-likeness (QED) is 0.0684. The first-order valence-electron chi connectivity index (χ1n) is 31.0. The lowest BCUT2D eigenvalue weighted by Gasteiger charge is -2.24. The first-order valence-corrected chi connectivity index (χ1v) is 34.8. The minimum atomic E-state index is -1.24. The molecule has 0 saturated heterocycles. The van der Waals surface area contributed by atoms with Gasteiger partial charge in [-0.2, -0.15) is 36.4 Å². The number of nitriles is 1. The van der Waals surface area contributed by atoms with Crippen LogP contribution >= 0.6 is 57.9 Å². The molecule has 99 heavy (non-hydrogen) atoms. The highest BCUT2D eigenvalue weighted by molar-refractivity contribution is 7.20. The lowest BCUT2D eigenvalue weighted by molar-refractivity contribution is -0.136. The van der Waals surface area contributed by atoms with Crippen LogP contribution in [-0.2, 0) is 33.8 Å². The first-order chi connectivity index (χ1) is 48.3. The van der Waals surface area contributed by atoms with Crippen molar-refractivity contribution >= 4 is 180 Å². The Morgan fingerprint density at radius 3 is 1.61 bits per heavy atom. The highest BCUT2D eigenvalue weighted by atomic mass is 32.1. The van der Waals surface area contributed by atoms with E-state index < -0.39 is 34.3 Å². The number of hydrogen-bond acceptors (Lipinski definition) is 23. The lowest BCUT2D eigenvalue weighted by atomic mass is 9.99. The second-order valence-electron chi connectivity index (χ2n) is 23.5. The van der Waals surface area contributed by atoms with Crippen molar-refractivity contribution in [3.63, 3.8) is 0 Å². The molecule has 3 amide bonds. The molecule has 7 heterocycles. The lowest BCUT2D eigenvalue weighted by Crippen LogP contribution is -2.50. The molecule has 6 aromatic heterocycles. The number of pyridine rings is 1. The average molecular weight is 1390 g/mol. The Balaban J connectivity index is 0.646. The summed E-state index contributed by atoms with van der Waals surface area (Å²) < 4.78 is 33.6. The maximum Gasteiger partial charge on any atom is 0.424 e. The number of aliphatic imine (C=N–C) groups is 1. The Hall–Kier alpha value is -11.9. The topological polar surface area (TPSA) is 243 Å². The molecular formula is C75H47N13O6S5. The molecule has 1 aliphatic rings. The van der Waals surface area contributed by atoms with Crippen molar-refractivity contribution in [2.45, 2.75) is 40.2 Å². The number of rotatable bonds is 15. The number of amides is 3. The number of benzene rings is 8. The molecule has 9 aromatic carbocycles. The summed E-state index contributed by atoms with van der Waals surface area (Å²) in [6.45, 7) is 5.35. The Kier molecular flexibility index (Phi) is 16.0. The fourth-order valence-corrected chi connectivity index (χ4v) is 16.0. The van der Waals surface area contributed by atoms with Crippen LogP contribution in [0.3, 0.4) is 0 Å². The van der Waals surface area contributed by atoms with E-state index in [1.165, 1.54) is 18.1 Å². The Morgan fingerprint density at radius 2 is 1.01 bits per heavy atom. The van der Waals surface area contributed by atoms with Gasteiger partial charge < -0.3 is 14.5 Å². The van der Waals surface area contributed by atoms with Gasteiger partial charge in [0.05, 0.1) is 40.9 Å². The van der Waals surface area contributed by atoms with E-state index in [4.69, 9.17) is 22.8 Å². The molecule has 0 radical (unpaired) electrons. The molecule has 0 N–H and O–H groups in total. The predicted molar refractivity (Wildman–Crippen MR) is 392 cm³/mol. The standard InChI is InChI=1S/C75H47N13O6S5/c1-40-13-23-46(24-14-40)86(60-33-31-58(95-60)54-35-52-53(63-65(54)82-97-80-63)36-57(68-64(52)81-98-84-68)78-67-50-11-7-8-12-51(50)70(89)71(67)90)48-27-19-43(20-28-48)17-18-44-21-29-49(30-22-44)87(47-25-15-41(2)16-26-47)61-34-32-59(96-61)56-38-77-72(69-66(56)83-99-85-69)79-62-42(3)55(37-76)73(91)88(74(62)92)75(93)94-39-45-9-5-4-6-10-45/h4-16,19-36,38H,17-18,39H2,1-3H3/b78-67-,79-62-. The highest BCUT2D eigenvalue weighted by Crippen LogP contribution is 2.48. The Bertz CT molecular complexity index is 6060. The molecule has 0 bridgehead atoms. The smallest absolute Gasteiger partial charge is 0.424 e. The van der Waals surface area contributed by atoms with Crippen molar-refractivity contribution in [3.8, 4) is 27.0 Å². The third kappa shape index (κ3) is 11.3. The molecule has 24 heteroatoms. The number of imide groups is 3.